The molecule has 1 saturated heterocycles. The van der Waals surface area contributed by atoms with E-state index in [1.165, 1.54) is 12.0 Å². The number of Topliss-reactive ketones (excluding diaryl/α,β-unsaturated/α-hetero) is 1. The van der Waals surface area contributed by atoms with E-state index in [9.17, 15) is 14.7 Å². The van der Waals surface area contributed by atoms with Gasteiger partial charge in [-0.3, -0.25) is 19.6 Å². The van der Waals surface area contributed by atoms with Crippen molar-refractivity contribution in [2.75, 3.05) is 7.11 Å². The summed E-state index contributed by atoms with van der Waals surface area (Å²) in [6.45, 7) is 1.98. The monoisotopic (exact) mass is 449 g/mol. The zero-order valence-corrected chi connectivity index (χ0v) is 18.2. The number of carbonyl (C=O) groups excluding carboxylic acids is 2. The van der Waals surface area contributed by atoms with Gasteiger partial charge >= 0.3 is 0 Å². The summed E-state index contributed by atoms with van der Waals surface area (Å²) in [5.41, 5.74) is 2.43. The molecule has 1 aliphatic heterocycles. The van der Waals surface area contributed by atoms with Crippen LogP contribution in [0.3, 0.4) is 0 Å². The summed E-state index contributed by atoms with van der Waals surface area (Å²) in [4.78, 5) is 35.7. The quantitative estimate of drug-likeness (QED) is 0.358. The van der Waals surface area contributed by atoms with E-state index in [0.717, 1.165) is 11.1 Å². The maximum absolute atomic E-state index is 13.2. The van der Waals surface area contributed by atoms with Crippen LogP contribution in [0.2, 0.25) is 5.02 Å². The Hall–Kier alpha value is -3.71. The Bertz CT molecular complexity index is 1210. The molecule has 1 aliphatic rings. The molecule has 3 aromatic rings. The number of methoxy groups -OCH3 is 1. The summed E-state index contributed by atoms with van der Waals surface area (Å²) in [7, 11) is 1.43. The van der Waals surface area contributed by atoms with E-state index in [0.29, 0.717) is 10.6 Å². The van der Waals surface area contributed by atoms with Crippen LogP contribution < -0.4 is 4.74 Å². The number of benzene rings is 1. The summed E-state index contributed by atoms with van der Waals surface area (Å²) < 4.78 is 5.38. The summed E-state index contributed by atoms with van der Waals surface area (Å²) in [5.74, 6) is -1.60. The highest BCUT2D eigenvalue weighted by Crippen LogP contribution is 2.43. The van der Waals surface area contributed by atoms with Gasteiger partial charge in [0.05, 0.1) is 29.3 Å². The smallest absolute Gasteiger partial charge is 0.295 e. The summed E-state index contributed by atoms with van der Waals surface area (Å²) in [5, 5.41) is 11.6. The van der Waals surface area contributed by atoms with Gasteiger partial charge in [0, 0.05) is 31.3 Å². The van der Waals surface area contributed by atoms with Gasteiger partial charge in [0.25, 0.3) is 11.7 Å². The van der Waals surface area contributed by atoms with Gasteiger partial charge in [-0.2, -0.15) is 0 Å². The maximum atomic E-state index is 13.2. The van der Waals surface area contributed by atoms with Crippen LogP contribution >= 0.6 is 11.6 Å². The van der Waals surface area contributed by atoms with Gasteiger partial charge in [0.2, 0.25) is 0 Å². The number of amides is 1. The minimum Gasteiger partial charge on any atom is -0.507 e. The Morgan fingerprint density at radius 2 is 1.72 bits per heavy atom. The fraction of sp³-hybridized carbons (Fsp3) is 0.167. The molecule has 4 rings (SSSR count). The average Bonchev–Trinajstić information content (AvgIpc) is 3.04. The molecule has 1 unspecified atom stereocenters. The van der Waals surface area contributed by atoms with Crippen molar-refractivity contribution in [3.8, 4) is 5.75 Å². The Labute approximate surface area is 190 Å². The summed E-state index contributed by atoms with van der Waals surface area (Å²) >= 11 is 6.30. The first-order valence-electron chi connectivity index (χ1n) is 9.84. The number of aliphatic hydroxyl groups excluding tert-OH is 1. The number of aryl methyl sites for hydroxylation is 1. The molecule has 1 fully saturated rings. The molecule has 2 aromatic heterocycles. The van der Waals surface area contributed by atoms with Crippen molar-refractivity contribution in [3.05, 3.63) is 94.0 Å². The second-order valence-electron chi connectivity index (χ2n) is 7.39. The second-order valence-corrected chi connectivity index (χ2v) is 7.80. The molecule has 1 amide bonds. The van der Waals surface area contributed by atoms with E-state index < -0.39 is 17.7 Å². The number of ketones is 1. The van der Waals surface area contributed by atoms with E-state index in [2.05, 4.69) is 9.97 Å². The standard InChI is InChI=1S/C24H20ClN3O4/c1-14-11-17(23(32-2)18(25)12-14)21(29)19-20(16-5-9-27-10-6-16)28(24(31)22(19)30)13-15-3-7-26-8-4-15/h3-12,20,29H,13H2,1-2H3/b21-19+. The number of likely N-dealkylation sites (tertiary alicyclic amines) is 1. The molecule has 32 heavy (non-hydrogen) atoms. The molecule has 162 valence electrons. The predicted molar refractivity (Wildman–Crippen MR) is 119 cm³/mol. The molecule has 3 heterocycles. The zero-order valence-electron chi connectivity index (χ0n) is 17.4. The van der Waals surface area contributed by atoms with Gasteiger partial charge in [0.15, 0.2) is 0 Å². The predicted octanol–water partition coefficient (Wildman–Crippen LogP) is 4.07. The van der Waals surface area contributed by atoms with E-state index in [-0.39, 0.29) is 29.2 Å². The van der Waals surface area contributed by atoms with E-state index in [1.807, 2.05) is 6.92 Å². The largest absolute Gasteiger partial charge is 0.507 e. The molecule has 8 heteroatoms. The molecule has 1 N–H and O–H groups in total. The Morgan fingerprint density at radius 1 is 1.09 bits per heavy atom. The number of rotatable bonds is 5. The number of nitrogens with zero attached hydrogens (tertiary/aromatic N) is 3. The maximum Gasteiger partial charge on any atom is 0.295 e. The number of hydrogen-bond donors (Lipinski definition) is 1. The van der Waals surface area contributed by atoms with Gasteiger partial charge in [0.1, 0.15) is 11.5 Å². The molecule has 1 aromatic carbocycles. The topological polar surface area (TPSA) is 92.6 Å². The third-order valence-corrected chi connectivity index (χ3v) is 5.59. The number of hydrogen-bond acceptors (Lipinski definition) is 6. The molecule has 0 aliphatic carbocycles. The van der Waals surface area contributed by atoms with E-state index in [1.54, 1.807) is 61.2 Å². The Morgan fingerprint density at radius 3 is 2.34 bits per heavy atom. The number of pyridine rings is 2. The van der Waals surface area contributed by atoms with Crippen molar-refractivity contribution >= 4 is 29.1 Å². The highest BCUT2D eigenvalue weighted by atomic mass is 35.5. The van der Waals surface area contributed by atoms with Crippen LogP contribution in [0.15, 0.2) is 66.8 Å². The fourth-order valence-corrected chi connectivity index (χ4v) is 4.23. The van der Waals surface area contributed by atoms with Crippen LogP contribution in [0.4, 0.5) is 0 Å². The zero-order chi connectivity index (χ0) is 22.8. The number of aliphatic hydroxyl groups is 1. The third-order valence-electron chi connectivity index (χ3n) is 5.31. The van der Waals surface area contributed by atoms with Crippen molar-refractivity contribution in [2.24, 2.45) is 0 Å². The molecular weight excluding hydrogens is 430 g/mol. The van der Waals surface area contributed by atoms with Crippen molar-refractivity contribution in [3.63, 3.8) is 0 Å². The lowest BCUT2D eigenvalue weighted by Gasteiger charge is -2.25. The minimum absolute atomic E-state index is 0.0322. The van der Waals surface area contributed by atoms with Crippen LogP contribution in [0.1, 0.15) is 28.3 Å². The van der Waals surface area contributed by atoms with Crippen molar-refractivity contribution in [2.45, 2.75) is 19.5 Å². The third kappa shape index (κ3) is 3.83. The molecule has 0 bridgehead atoms. The first-order chi connectivity index (χ1) is 15.4. The van der Waals surface area contributed by atoms with Gasteiger partial charge in [-0.1, -0.05) is 11.6 Å². The van der Waals surface area contributed by atoms with Gasteiger partial charge in [-0.25, -0.2) is 0 Å². The van der Waals surface area contributed by atoms with Crippen molar-refractivity contribution in [1.29, 1.82) is 0 Å². The number of carbonyl (C=O) groups is 2. The highest BCUT2D eigenvalue weighted by molar-refractivity contribution is 6.46. The van der Waals surface area contributed by atoms with Crippen molar-refractivity contribution in [1.82, 2.24) is 14.9 Å². The van der Waals surface area contributed by atoms with Crippen LogP contribution in [0.5, 0.6) is 5.75 Å². The fourth-order valence-electron chi connectivity index (χ4n) is 3.88. The second kappa shape index (κ2) is 8.80. The first kappa shape index (κ1) is 21.5. The number of ether oxygens (including phenoxy) is 1. The SMILES string of the molecule is COc1c(Cl)cc(C)cc1/C(O)=C1\C(=O)C(=O)N(Cc2ccncc2)C1c1ccncc1. The van der Waals surface area contributed by atoms with Gasteiger partial charge < -0.3 is 14.7 Å². The number of halogens is 1. The lowest BCUT2D eigenvalue weighted by molar-refractivity contribution is -0.140. The lowest BCUT2D eigenvalue weighted by atomic mass is 9.95. The van der Waals surface area contributed by atoms with Gasteiger partial charge in [-0.15, -0.1) is 0 Å². The van der Waals surface area contributed by atoms with Crippen LogP contribution in [0.25, 0.3) is 5.76 Å². The van der Waals surface area contributed by atoms with E-state index in [4.69, 9.17) is 16.3 Å². The van der Waals surface area contributed by atoms with Crippen molar-refractivity contribution < 1.29 is 19.4 Å². The molecule has 0 radical (unpaired) electrons. The lowest BCUT2D eigenvalue weighted by Crippen LogP contribution is -2.29. The van der Waals surface area contributed by atoms with Crippen LogP contribution in [-0.2, 0) is 16.1 Å². The normalized spacial score (nSPS) is 17.6. The van der Waals surface area contributed by atoms with Crippen LogP contribution in [-0.4, -0.2) is 38.8 Å². The number of aromatic nitrogens is 2. The summed E-state index contributed by atoms with van der Waals surface area (Å²) in [6, 6.07) is 9.52. The first-order valence-corrected chi connectivity index (χ1v) is 10.2. The molecular formula is C24H20ClN3O4. The Kier molecular flexibility index (Phi) is 5.92. The highest BCUT2D eigenvalue weighted by Gasteiger charge is 2.46. The Balaban J connectivity index is 1.92. The molecule has 1 atom stereocenters. The van der Waals surface area contributed by atoms with Gasteiger partial charge in [-0.05, 0) is 60.0 Å². The average molecular weight is 450 g/mol. The minimum atomic E-state index is -0.810. The molecule has 0 saturated carbocycles. The molecule has 0 spiro atoms. The van der Waals surface area contributed by atoms with Crippen LogP contribution in [0, 0.1) is 6.92 Å². The van der Waals surface area contributed by atoms with E-state index >= 15 is 0 Å². The summed E-state index contributed by atoms with van der Waals surface area (Å²) in [6.07, 6.45) is 6.39. The molecule has 7 nitrogen and oxygen atoms in total.